The Balaban J connectivity index is 2.92. The average molecular weight is 227 g/mol. The van der Waals surface area contributed by atoms with E-state index in [1.807, 2.05) is 0 Å². The molecule has 1 unspecified atom stereocenters. The number of nitrogens with two attached hydrogens (primary N) is 1. The molecule has 0 radical (unpaired) electrons. The van der Waals surface area contributed by atoms with Gasteiger partial charge in [-0.25, -0.2) is 4.98 Å². The molecule has 0 bridgehead atoms. The normalized spacial score (nSPS) is 12.4. The molecule has 0 aromatic carbocycles. The number of nitrogens with one attached hydrogen (secondary N) is 3. The van der Waals surface area contributed by atoms with Gasteiger partial charge in [-0.1, -0.05) is 0 Å². The van der Waals surface area contributed by atoms with E-state index in [0.29, 0.717) is 17.9 Å². The van der Waals surface area contributed by atoms with Crippen molar-refractivity contribution in [2.75, 3.05) is 31.2 Å². The third-order valence-electron chi connectivity index (χ3n) is 2.14. The molecule has 1 aromatic heterocycles. The summed E-state index contributed by atoms with van der Waals surface area (Å²) in [7, 11) is 1.77. The Morgan fingerprint density at radius 2 is 2.31 bits per heavy atom. The van der Waals surface area contributed by atoms with Crippen LogP contribution in [0.4, 0.5) is 11.6 Å². The van der Waals surface area contributed by atoms with Crippen molar-refractivity contribution in [2.45, 2.75) is 13.0 Å². The zero-order valence-corrected chi connectivity index (χ0v) is 9.37. The van der Waals surface area contributed by atoms with Gasteiger partial charge >= 0.3 is 0 Å². The number of hydrogen-bond acceptors (Lipinski definition) is 6. The monoisotopic (exact) mass is 227 g/mol. The van der Waals surface area contributed by atoms with Crippen molar-refractivity contribution >= 4 is 11.6 Å². The molecule has 0 saturated heterocycles. The summed E-state index contributed by atoms with van der Waals surface area (Å²) < 4.78 is 0. The van der Waals surface area contributed by atoms with Gasteiger partial charge in [0.1, 0.15) is 5.69 Å². The zero-order valence-electron chi connectivity index (χ0n) is 9.37. The molecule has 0 fully saturated rings. The number of aryl methyl sites for hydroxylation is 1. The average Bonchev–Trinajstić information content (AvgIpc) is 2.21. The molecule has 0 aliphatic heterocycles. The van der Waals surface area contributed by atoms with E-state index in [9.17, 15) is 4.79 Å². The van der Waals surface area contributed by atoms with Gasteiger partial charge in [-0.3, -0.25) is 9.78 Å². The van der Waals surface area contributed by atoms with E-state index in [1.54, 1.807) is 14.0 Å². The Bertz CT molecular complexity index is 403. The Kier molecular flexibility index (Phi) is 4.27. The molecule has 7 heteroatoms. The topological polar surface area (TPSA) is 116 Å². The number of rotatable bonds is 5. The molecule has 6 N–H and O–H groups in total. The fourth-order valence-electron chi connectivity index (χ4n) is 1.39. The fourth-order valence-corrected chi connectivity index (χ4v) is 1.39. The minimum atomic E-state index is -0.334. The Morgan fingerprint density at radius 3 is 2.81 bits per heavy atom. The summed E-state index contributed by atoms with van der Waals surface area (Å²) in [6, 6.07) is -0.241. The highest BCUT2D eigenvalue weighted by molar-refractivity contribution is 5.48. The molecule has 0 amide bonds. The quantitative estimate of drug-likeness (QED) is 0.425. The minimum absolute atomic E-state index is 0.0793. The molecule has 1 heterocycles. The van der Waals surface area contributed by atoms with Gasteiger partial charge < -0.3 is 21.5 Å². The lowest BCUT2D eigenvalue weighted by atomic mass is 10.2. The van der Waals surface area contributed by atoms with Crippen LogP contribution in [0.1, 0.15) is 5.69 Å². The lowest BCUT2D eigenvalue weighted by Gasteiger charge is -2.17. The van der Waals surface area contributed by atoms with Crippen molar-refractivity contribution in [1.82, 2.24) is 15.3 Å². The van der Waals surface area contributed by atoms with Crippen LogP contribution >= 0.6 is 0 Å². The van der Waals surface area contributed by atoms with Crippen molar-refractivity contribution in [3.8, 4) is 0 Å². The summed E-state index contributed by atoms with van der Waals surface area (Å²) in [5.74, 6) is 0.0854. The third kappa shape index (κ3) is 2.94. The smallest absolute Gasteiger partial charge is 0.275 e. The summed E-state index contributed by atoms with van der Waals surface area (Å²) >= 11 is 0. The number of likely N-dealkylation sites (N-methyl/N-ethyl adjacent to an activating group) is 1. The van der Waals surface area contributed by atoms with Crippen molar-refractivity contribution in [3.05, 3.63) is 16.0 Å². The van der Waals surface area contributed by atoms with Crippen LogP contribution in [0.25, 0.3) is 0 Å². The summed E-state index contributed by atoms with van der Waals surface area (Å²) in [5.41, 5.74) is 5.91. The van der Waals surface area contributed by atoms with E-state index in [-0.39, 0.29) is 24.2 Å². The van der Waals surface area contributed by atoms with Crippen molar-refractivity contribution in [1.29, 1.82) is 0 Å². The van der Waals surface area contributed by atoms with Crippen LogP contribution in [0, 0.1) is 6.92 Å². The van der Waals surface area contributed by atoms with Crippen LogP contribution in [0.3, 0.4) is 0 Å². The van der Waals surface area contributed by atoms with Gasteiger partial charge in [0.05, 0.1) is 18.3 Å². The molecule has 90 valence electrons. The largest absolute Gasteiger partial charge is 0.394 e. The summed E-state index contributed by atoms with van der Waals surface area (Å²) in [6.45, 7) is 2.14. The molecule has 0 saturated carbocycles. The standard InChI is InChI=1S/C9H17N5O2/c1-5-7(8(16)14-9(10)12-5)13-6(4-15)3-11-2/h6,11,13,15H,3-4H2,1-2H3,(H3,10,12,14,16). The number of aliphatic hydroxyl groups excluding tert-OH is 1. The number of nitrogens with zero attached hydrogens (tertiary/aromatic N) is 1. The second-order valence-corrected chi connectivity index (χ2v) is 3.49. The minimum Gasteiger partial charge on any atom is -0.394 e. The number of aromatic nitrogens is 2. The molecule has 0 spiro atoms. The highest BCUT2D eigenvalue weighted by atomic mass is 16.3. The third-order valence-corrected chi connectivity index (χ3v) is 2.14. The van der Waals surface area contributed by atoms with E-state index >= 15 is 0 Å². The number of H-pyrrole nitrogens is 1. The van der Waals surface area contributed by atoms with Gasteiger partial charge in [0.25, 0.3) is 5.56 Å². The van der Waals surface area contributed by atoms with Crippen LogP contribution < -0.4 is 21.9 Å². The molecule has 0 aliphatic carbocycles. The van der Waals surface area contributed by atoms with Crippen LogP contribution in [0.2, 0.25) is 0 Å². The predicted molar refractivity (Wildman–Crippen MR) is 62.4 cm³/mol. The summed E-state index contributed by atoms with van der Waals surface area (Å²) in [4.78, 5) is 17.9. The van der Waals surface area contributed by atoms with Gasteiger partial charge in [0, 0.05) is 6.54 Å². The van der Waals surface area contributed by atoms with Gasteiger partial charge in [0.2, 0.25) is 5.95 Å². The van der Waals surface area contributed by atoms with Crippen LogP contribution in [0.15, 0.2) is 4.79 Å². The molecule has 1 atom stereocenters. The maximum Gasteiger partial charge on any atom is 0.275 e. The van der Waals surface area contributed by atoms with Crippen LogP contribution in [-0.2, 0) is 0 Å². The molecular weight excluding hydrogens is 210 g/mol. The highest BCUT2D eigenvalue weighted by Crippen LogP contribution is 2.07. The first kappa shape index (κ1) is 12.5. The number of anilines is 2. The Hall–Kier alpha value is -1.60. The van der Waals surface area contributed by atoms with Gasteiger partial charge in [0.15, 0.2) is 0 Å². The molecular formula is C9H17N5O2. The van der Waals surface area contributed by atoms with Crippen LogP contribution in [-0.4, -0.2) is 41.3 Å². The predicted octanol–water partition coefficient (Wildman–Crippen LogP) is -1.35. The van der Waals surface area contributed by atoms with Crippen molar-refractivity contribution < 1.29 is 5.11 Å². The number of aliphatic hydroxyl groups is 1. The first-order valence-electron chi connectivity index (χ1n) is 4.96. The maximum atomic E-state index is 11.6. The van der Waals surface area contributed by atoms with E-state index in [2.05, 4.69) is 20.6 Å². The molecule has 0 aliphatic rings. The van der Waals surface area contributed by atoms with Crippen molar-refractivity contribution in [3.63, 3.8) is 0 Å². The first-order valence-corrected chi connectivity index (χ1v) is 4.96. The molecule has 1 aromatic rings. The molecule has 16 heavy (non-hydrogen) atoms. The van der Waals surface area contributed by atoms with Gasteiger partial charge in [-0.05, 0) is 14.0 Å². The lowest BCUT2D eigenvalue weighted by Crippen LogP contribution is -2.36. The maximum absolute atomic E-state index is 11.6. The van der Waals surface area contributed by atoms with E-state index in [4.69, 9.17) is 10.8 Å². The second-order valence-electron chi connectivity index (χ2n) is 3.49. The Labute approximate surface area is 93.1 Å². The van der Waals surface area contributed by atoms with E-state index < -0.39 is 0 Å². The SMILES string of the molecule is CNCC(CO)Nc1c(C)nc(N)[nH]c1=O. The van der Waals surface area contributed by atoms with Crippen LogP contribution in [0.5, 0.6) is 0 Å². The lowest BCUT2D eigenvalue weighted by molar-refractivity contribution is 0.272. The summed E-state index contributed by atoms with van der Waals surface area (Å²) in [5, 5.41) is 14.9. The number of nitrogen functional groups attached to an aromatic ring is 1. The number of hydrogen-bond donors (Lipinski definition) is 5. The van der Waals surface area contributed by atoms with Crippen molar-refractivity contribution in [2.24, 2.45) is 0 Å². The number of aromatic amines is 1. The van der Waals surface area contributed by atoms with E-state index in [1.165, 1.54) is 0 Å². The molecule has 1 rings (SSSR count). The second kappa shape index (κ2) is 5.47. The Morgan fingerprint density at radius 1 is 1.62 bits per heavy atom. The zero-order chi connectivity index (χ0) is 12.1. The fraction of sp³-hybridized carbons (Fsp3) is 0.556. The van der Waals surface area contributed by atoms with Gasteiger partial charge in [-0.15, -0.1) is 0 Å². The van der Waals surface area contributed by atoms with Gasteiger partial charge in [-0.2, -0.15) is 0 Å². The molecule has 7 nitrogen and oxygen atoms in total. The highest BCUT2D eigenvalue weighted by Gasteiger charge is 2.12. The summed E-state index contributed by atoms with van der Waals surface area (Å²) in [6.07, 6.45) is 0. The first-order chi connectivity index (χ1) is 7.58. The van der Waals surface area contributed by atoms with E-state index in [0.717, 1.165) is 0 Å².